The number of benzene rings is 1. The number of rotatable bonds is 4. The molecule has 1 aromatic heterocycles. The molecule has 2 aromatic rings. The van der Waals surface area contributed by atoms with Gasteiger partial charge in [-0.2, -0.15) is 0 Å². The summed E-state index contributed by atoms with van der Waals surface area (Å²) in [5.74, 6) is -0.794. The maximum Gasteiger partial charge on any atom is 0.265 e. The molecular weight excluding hydrogens is 370 g/mol. The summed E-state index contributed by atoms with van der Waals surface area (Å²) in [6.45, 7) is 9.95. The quantitative estimate of drug-likeness (QED) is 0.486. The van der Waals surface area contributed by atoms with Gasteiger partial charge in [-0.3, -0.25) is 19.8 Å². The van der Waals surface area contributed by atoms with Crippen molar-refractivity contribution in [3.8, 4) is 5.69 Å². The molecule has 1 aliphatic heterocycles. The molecule has 2 amide bonds. The van der Waals surface area contributed by atoms with Gasteiger partial charge in [-0.05, 0) is 76.2 Å². The van der Waals surface area contributed by atoms with E-state index in [-0.39, 0.29) is 22.6 Å². The summed E-state index contributed by atoms with van der Waals surface area (Å²) < 4.78 is 2.12. The second kappa shape index (κ2) is 7.72. The lowest BCUT2D eigenvalue weighted by Crippen LogP contribution is -2.56. The van der Waals surface area contributed by atoms with Crippen LogP contribution in [0.1, 0.15) is 42.8 Å². The Morgan fingerprint density at radius 1 is 1.14 bits per heavy atom. The fraction of sp³-hybridized carbons (Fsp3) is 0.318. The number of hydrogen-bond donors (Lipinski definition) is 1. The topological polar surface area (TPSA) is 54.3 Å². The molecule has 28 heavy (non-hydrogen) atoms. The molecule has 1 fully saturated rings. The molecule has 1 aromatic carbocycles. The Labute approximate surface area is 171 Å². The molecule has 5 nitrogen and oxygen atoms in total. The van der Waals surface area contributed by atoms with Crippen LogP contribution in [0.25, 0.3) is 11.8 Å². The van der Waals surface area contributed by atoms with E-state index in [1.165, 1.54) is 10.5 Å². The number of nitrogens with one attached hydrogen (secondary N) is 1. The van der Waals surface area contributed by atoms with Crippen LogP contribution in [0, 0.1) is 20.8 Å². The standard InChI is InChI=1S/C22H25N3O2S/c1-6-14(3)25-21(27)19(20(26)23-22(25)28)12-17-11-15(4)24(16(17)5)18-9-7-13(2)8-10-18/h7-12,14H,6H2,1-5H3,(H,23,26,28)/b19-12+/t14-/m0/s1. The molecule has 0 saturated carbocycles. The highest BCUT2D eigenvalue weighted by molar-refractivity contribution is 7.80. The van der Waals surface area contributed by atoms with E-state index >= 15 is 0 Å². The maximum absolute atomic E-state index is 13.0. The molecule has 0 bridgehead atoms. The van der Waals surface area contributed by atoms with Gasteiger partial charge in [-0.15, -0.1) is 0 Å². The summed E-state index contributed by atoms with van der Waals surface area (Å²) in [6.07, 6.45) is 2.42. The Morgan fingerprint density at radius 2 is 1.79 bits per heavy atom. The molecule has 0 unspecified atom stereocenters. The van der Waals surface area contributed by atoms with Crippen LogP contribution in [-0.2, 0) is 9.59 Å². The van der Waals surface area contributed by atoms with E-state index in [0.717, 1.165) is 29.1 Å². The molecular formula is C22H25N3O2S. The van der Waals surface area contributed by atoms with E-state index in [4.69, 9.17) is 12.2 Å². The van der Waals surface area contributed by atoms with Gasteiger partial charge < -0.3 is 4.57 Å². The first-order valence-electron chi connectivity index (χ1n) is 9.41. The Balaban J connectivity index is 2.04. The number of amides is 2. The van der Waals surface area contributed by atoms with E-state index in [1.54, 1.807) is 6.08 Å². The third-order valence-corrected chi connectivity index (χ3v) is 5.53. The highest BCUT2D eigenvalue weighted by Gasteiger charge is 2.35. The lowest BCUT2D eigenvalue weighted by Gasteiger charge is -2.33. The molecule has 0 aliphatic carbocycles. The average molecular weight is 396 g/mol. The number of hydrogen-bond acceptors (Lipinski definition) is 3. The number of nitrogens with zero attached hydrogens (tertiary/aromatic N) is 2. The van der Waals surface area contributed by atoms with Crippen molar-refractivity contribution in [1.82, 2.24) is 14.8 Å². The van der Waals surface area contributed by atoms with E-state index < -0.39 is 5.91 Å². The predicted molar refractivity (Wildman–Crippen MR) is 115 cm³/mol. The Kier molecular flexibility index (Phi) is 5.52. The maximum atomic E-state index is 13.0. The molecule has 1 atom stereocenters. The summed E-state index contributed by atoms with van der Waals surface area (Å²) >= 11 is 5.21. The minimum Gasteiger partial charge on any atom is -0.318 e. The van der Waals surface area contributed by atoms with Gasteiger partial charge in [-0.25, -0.2) is 0 Å². The summed E-state index contributed by atoms with van der Waals surface area (Å²) in [5, 5.41) is 2.82. The zero-order chi connectivity index (χ0) is 20.6. The number of aryl methyl sites for hydroxylation is 2. The van der Waals surface area contributed by atoms with Gasteiger partial charge in [0.1, 0.15) is 5.57 Å². The first kappa shape index (κ1) is 20.0. The largest absolute Gasteiger partial charge is 0.318 e. The lowest BCUT2D eigenvalue weighted by atomic mass is 10.1. The van der Waals surface area contributed by atoms with Gasteiger partial charge in [0.2, 0.25) is 0 Å². The molecule has 2 heterocycles. The number of thiocarbonyl (C=S) groups is 1. The molecule has 3 rings (SSSR count). The van der Waals surface area contributed by atoms with Crippen LogP contribution in [0.2, 0.25) is 0 Å². The van der Waals surface area contributed by atoms with Gasteiger partial charge >= 0.3 is 0 Å². The van der Waals surface area contributed by atoms with Crippen LogP contribution in [0.5, 0.6) is 0 Å². The van der Waals surface area contributed by atoms with E-state index in [9.17, 15) is 9.59 Å². The van der Waals surface area contributed by atoms with Gasteiger partial charge in [0.15, 0.2) is 5.11 Å². The second-order valence-electron chi connectivity index (χ2n) is 7.25. The Bertz CT molecular complexity index is 986. The van der Waals surface area contributed by atoms with Crippen molar-refractivity contribution in [2.75, 3.05) is 0 Å². The van der Waals surface area contributed by atoms with Crippen molar-refractivity contribution in [2.24, 2.45) is 0 Å². The predicted octanol–water partition coefficient (Wildman–Crippen LogP) is 3.83. The molecule has 146 valence electrons. The fourth-order valence-electron chi connectivity index (χ4n) is 3.43. The number of carbonyl (C=O) groups is 2. The van der Waals surface area contributed by atoms with Crippen LogP contribution in [0.3, 0.4) is 0 Å². The van der Waals surface area contributed by atoms with Crippen molar-refractivity contribution in [3.63, 3.8) is 0 Å². The van der Waals surface area contributed by atoms with Gasteiger partial charge in [-0.1, -0.05) is 24.6 Å². The SMILES string of the molecule is CC[C@H](C)N1C(=O)/C(=C/c2cc(C)n(-c3ccc(C)cc3)c2C)C(=O)NC1=S. The van der Waals surface area contributed by atoms with Crippen LogP contribution in [-0.4, -0.2) is 32.4 Å². The highest BCUT2D eigenvalue weighted by atomic mass is 32.1. The first-order valence-corrected chi connectivity index (χ1v) is 9.82. The molecule has 0 radical (unpaired) electrons. The second-order valence-corrected chi connectivity index (χ2v) is 7.63. The van der Waals surface area contributed by atoms with Crippen LogP contribution >= 0.6 is 12.2 Å². The lowest BCUT2D eigenvalue weighted by molar-refractivity contribution is -0.130. The normalized spacial score (nSPS) is 17.2. The van der Waals surface area contributed by atoms with Crippen LogP contribution < -0.4 is 5.32 Å². The molecule has 1 N–H and O–H groups in total. The van der Waals surface area contributed by atoms with Gasteiger partial charge in [0, 0.05) is 23.1 Å². The minimum atomic E-state index is -0.449. The third kappa shape index (κ3) is 3.52. The van der Waals surface area contributed by atoms with Crippen molar-refractivity contribution in [2.45, 2.75) is 47.1 Å². The molecule has 1 saturated heterocycles. The summed E-state index contributed by atoms with van der Waals surface area (Å²) in [4.78, 5) is 26.9. The zero-order valence-corrected chi connectivity index (χ0v) is 17.7. The van der Waals surface area contributed by atoms with E-state index in [1.807, 2.05) is 33.8 Å². The average Bonchev–Trinajstić information content (AvgIpc) is 2.92. The van der Waals surface area contributed by atoms with Gasteiger partial charge in [0.05, 0.1) is 0 Å². The monoisotopic (exact) mass is 395 g/mol. The number of carbonyl (C=O) groups excluding carboxylic acids is 2. The van der Waals surface area contributed by atoms with Crippen molar-refractivity contribution in [3.05, 3.63) is 58.4 Å². The van der Waals surface area contributed by atoms with Crippen LogP contribution in [0.4, 0.5) is 0 Å². The molecule has 6 heteroatoms. The summed E-state index contributed by atoms with van der Waals surface area (Å²) in [7, 11) is 0. The Hall–Kier alpha value is -2.73. The number of aromatic nitrogens is 1. The third-order valence-electron chi connectivity index (χ3n) is 5.23. The van der Waals surface area contributed by atoms with E-state index in [0.29, 0.717) is 0 Å². The molecule has 0 spiro atoms. The van der Waals surface area contributed by atoms with Crippen molar-refractivity contribution in [1.29, 1.82) is 0 Å². The zero-order valence-electron chi connectivity index (χ0n) is 16.9. The van der Waals surface area contributed by atoms with Crippen molar-refractivity contribution >= 4 is 35.2 Å². The highest BCUT2D eigenvalue weighted by Crippen LogP contribution is 2.25. The van der Waals surface area contributed by atoms with E-state index in [2.05, 4.69) is 41.1 Å². The summed E-state index contributed by atoms with van der Waals surface area (Å²) in [6, 6.07) is 10.2. The fourth-order valence-corrected chi connectivity index (χ4v) is 3.79. The molecule has 1 aliphatic rings. The first-order chi connectivity index (χ1) is 13.2. The smallest absolute Gasteiger partial charge is 0.265 e. The van der Waals surface area contributed by atoms with Gasteiger partial charge in [0.25, 0.3) is 11.8 Å². The van der Waals surface area contributed by atoms with Crippen molar-refractivity contribution < 1.29 is 9.59 Å². The Morgan fingerprint density at radius 3 is 2.39 bits per heavy atom. The van der Waals surface area contributed by atoms with Crippen LogP contribution in [0.15, 0.2) is 35.9 Å². The minimum absolute atomic E-state index is 0.0796. The summed E-state index contributed by atoms with van der Waals surface area (Å²) in [5.41, 5.74) is 5.20.